The van der Waals surface area contributed by atoms with E-state index in [1.165, 1.54) is 11.4 Å². The van der Waals surface area contributed by atoms with Crippen LogP contribution in [0.1, 0.15) is 15.9 Å². The number of hydrogen-bond donors (Lipinski definition) is 1. The minimum absolute atomic E-state index is 0.0976. The predicted octanol–water partition coefficient (Wildman–Crippen LogP) is 3.02. The van der Waals surface area contributed by atoms with Crippen molar-refractivity contribution in [3.63, 3.8) is 0 Å². The summed E-state index contributed by atoms with van der Waals surface area (Å²) in [6.45, 7) is 0.183. The van der Waals surface area contributed by atoms with Gasteiger partial charge in [-0.2, -0.15) is 0 Å². The summed E-state index contributed by atoms with van der Waals surface area (Å²) in [5, 5.41) is 10.7. The maximum Gasteiger partial charge on any atom is 0.316 e. The average Bonchev–Trinajstić information content (AvgIpc) is 3.23. The first-order chi connectivity index (χ1) is 15.3. The van der Waals surface area contributed by atoms with Gasteiger partial charge in [-0.3, -0.25) is 19.2 Å². The van der Waals surface area contributed by atoms with Gasteiger partial charge >= 0.3 is 5.97 Å². The van der Waals surface area contributed by atoms with Crippen molar-refractivity contribution in [2.45, 2.75) is 10.9 Å². The highest BCUT2D eigenvalue weighted by Gasteiger charge is 2.19. The molecule has 12 heteroatoms. The number of anilines is 2. The number of benzene rings is 2. The van der Waals surface area contributed by atoms with E-state index in [4.69, 9.17) is 0 Å². The second-order valence-corrected chi connectivity index (χ2v) is 10.6. The Labute approximate surface area is 193 Å². The largest absolute Gasteiger partial charge is 0.468 e. The second-order valence-electron chi connectivity index (χ2n) is 6.49. The van der Waals surface area contributed by atoms with Crippen LogP contribution in [-0.4, -0.2) is 49.6 Å². The Kier molecular flexibility index (Phi) is 7.83. The Hall–Kier alpha value is -2.96. The first-order valence-electron chi connectivity index (χ1n) is 9.22. The number of nitrogens with one attached hydrogen (secondary N) is 1. The Morgan fingerprint density at radius 3 is 2.41 bits per heavy atom. The Morgan fingerprint density at radius 2 is 1.78 bits per heavy atom. The van der Waals surface area contributed by atoms with E-state index in [1.54, 1.807) is 24.3 Å². The van der Waals surface area contributed by atoms with Crippen molar-refractivity contribution in [2.24, 2.45) is 0 Å². The second kappa shape index (κ2) is 10.6. The molecule has 0 atom stereocenters. The molecule has 0 bridgehead atoms. The number of hydrogen-bond acceptors (Lipinski definition) is 9. The molecule has 0 saturated carbocycles. The molecule has 0 fully saturated rings. The van der Waals surface area contributed by atoms with Crippen molar-refractivity contribution in [3.8, 4) is 0 Å². The van der Waals surface area contributed by atoms with Crippen molar-refractivity contribution >= 4 is 55.8 Å². The molecular weight excluding hydrogens is 472 g/mol. The third kappa shape index (κ3) is 6.52. The lowest BCUT2D eigenvalue weighted by Crippen LogP contribution is -2.29. The Morgan fingerprint density at radius 1 is 1.09 bits per heavy atom. The summed E-state index contributed by atoms with van der Waals surface area (Å²) in [6, 6.07) is 15.5. The van der Waals surface area contributed by atoms with E-state index in [-0.39, 0.29) is 23.4 Å². The van der Waals surface area contributed by atoms with E-state index in [1.807, 2.05) is 30.3 Å². The van der Waals surface area contributed by atoms with Crippen molar-refractivity contribution < 1.29 is 22.7 Å². The van der Waals surface area contributed by atoms with Crippen LogP contribution < -0.4 is 9.62 Å². The van der Waals surface area contributed by atoms with Crippen LogP contribution in [0, 0.1) is 0 Å². The van der Waals surface area contributed by atoms with Gasteiger partial charge < -0.3 is 4.74 Å². The molecule has 1 amide bonds. The van der Waals surface area contributed by atoms with Gasteiger partial charge in [0.1, 0.15) is 0 Å². The van der Waals surface area contributed by atoms with Crippen molar-refractivity contribution in [3.05, 3.63) is 65.7 Å². The summed E-state index contributed by atoms with van der Waals surface area (Å²) in [7, 11) is -2.23. The van der Waals surface area contributed by atoms with Crippen molar-refractivity contribution in [1.29, 1.82) is 0 Å². The number of methoxy groups -OCH3 is 1. The maximum atomic E-state index is 12.5. The Bertz CT molecular complexity index is 1180. The molecule has 168 valence electrons. The summed E-state index contributed by atoms with van der Waals surface area (Å²) in [4.78, 5) is 23.7. The lowest BCUT2D eigenvalue weighted by molar-refractivity contribution is -0.137. The molecule has 3 rings (SSSR count). The summed E-state index contributed by atoms with van der Waals surface area (Å²) >= 11 is 2.30. The van der Waals surface area contributed by atoms with Crippen LogP contribution in [-0.2, 0) is 26.1 Å². The zero-order chi connectivity index (χ0) is 23.1. The number of thioether (sulfide) groups is 1. The summed E-state index contributed by atoms with van der Waals surface area (Å²) in [6.07, 6.45) is 1.14. The van der Waals surface area contributed by atoms with Gasteiger partial charge in [0, 0.05) is 5.56 Å². The van der Waals surface area contributed by atoms with E-state index in [0.29, 0.717) is 15.6 Å². The number of esters is 1. The summed E-state index contributed by atoms with van der Waals surface area (Å²) < 4.78 is 31.0. The first kappa shape index (κ1) is 23.7. The lowest BCUT2D eigenvalue weighted by Gasteiger charge is -2.22. The molecule has 32 heavy (non-hydrogen) atoms. The van der Waals surface area contributed by atoms with Gasteiger partial charge in [-0.05, 0) is 29.8 Å². The number of carbonyl (C=O) groups is 2. The van der Waals surface area contributed by atoms with E-state index in [2.05, 4.69) is 20.3 Å². The van der Waals surface area contributed by atoms with E-state index < -0.39 is 15.9 Å². The molecule has 9 nitrogen and oxygen atoms in total. The van der Waals surface area contributed by atoms with Crippen LogP contribution in [0.25, 0.3) is 0 Å². The fraction of sp³-hybridized carbons (Fsp3) is 0.200. The molecule has 2 aromatic carbocycles. The van der Waals surface area contributed by atoms with Crippen LogP contribution in [0.15, 0.2) is 58.9 Å². The topological polar surface area (TPSA) is 119 Å². The molecule has 0 aliphatic heterocycles. The first-order valence-corrected chi connectivity index (χ1v) is 12.9. The molecule has 0 aliphatic rings. The van der Waals surface area contributed by atoms with Gasteiger partial charge in [0.15, 0.2) is 4.34 Å². The molecule has 0 radical (unpaired) electrons. The van der Waals surface area contributed by atoms with Crippen molar-refractivity contribution in [2.75, 3.05) is 28.7 Å². The van der Waals surface area contributed by atoms with E-state index >= 15 is 0 Å². The van der Waals surface area contributed by atoms with Gasteiger partial charge in [0.2, 0.25) is 15.2 Å². The van der Waals surface area contributed by atoms with Crippen LogP contribution in [0.5, 0.6) is 0 Å². The fourth-order valence-electron chi connectivity index (χ4n) is 2.60. The highest BCUT2D eigenvalue weighted by molar-refractivity contribution is 8.01. The third-order valence-corrected chi connectivity index (χ3v) is 7.24. The van der Waals surface area contributed by atoms with E-state index in [9.17, 15) is 18.0 Å². The van der Waals surface area contributed by atoms with Crippen molar-refractivity contribution in [1.82, 2.24) is 10.2 Å². The minimum Gasteiger partial charge on any atom is -0.468 e. The summed E-state index contributed by atoms with van der Waals surface area (Å²) in [5.74, 6) is -0.696. The predicted molar refractivity (Wildman–Crippen MR) is 125 cm³/mol. The molecule has 0 saturated heterocycles. The standard InChI is InChI=1S/C20H20N4O5S3/c1-29-17(25)13-30-20-23-22-19(31-20)21-18(26)15-8-10-16(11-9-15)24(32(2,27)28)12-14-6-4-3-5-7-14/h3-11H,12-13H2,1-2H3,(H,21,22,26). The number of rotatable bonds is 9. The van der Waals surface area contributed by atoms with E-state index in [0.717, 1.165) is 34.9 Å². The Balaban J connectivity index is 1.68. The van der Waals surface area contributed by atoms with Gasteiger partial charge in [-0.1, -0.05) is 53.4 Å². The molecule has 1 heterocycles. The molecular formula is C20H20N4O5S3. The van der Waals surface area contributed by atoms with Crippen LogP contribution in [0.3, 0.4) is 0 Å². The number of sulfonamides is 1. The number of ether oxygens (including phenoxy) is 1. The van der Waals surface area contributed by atoms with Crippen LogP contribution in [0.2, 0.25) is 0 Å². The SMILES string of the molecule is COC(=O)CSc1nnc(NC(=O)c2ccc(N(Cc3ccccc3)S(C)(=O)=O)cc2)s1. The molecule has 0 aliphatic carbocycles. The zero-order valence-electron chi connectivity index (χ0n) is 17.2. The molecule has 0 spiro atoms. The molecule has 0 unspecified atom stereocenters. The average molecular weight is 493 g/mol. The minimum atomic E-state index is -3.53. The zero-order valence-corrected chi connectivity index (χ0v) is 19.7. The number of amides is 1. The number of aromatic nitrogens is 2. The van der Waals surface area contributed by atoms with Gasteiger partial charge in [0.25, 0.3) is 5.91 Å². The quantitative estimate of drug-likeness (QED) is 0.275. The van der Waals surface area contributed by atoms with Gasteiger partial charge in [0.05, 0.1) is 31.4 Å². The molecule has 1 aromatic heterocycles. The van der Waals surface area contributed by atoms with Gasteiger partial charge in [-0.25, -0.2) is 8.42 Å². The normalized spacial score (nSPS) is 11.1. The highest BCUT2D eigenvalue weighted by Crippen LogP contribution is 2.26. The lowest BCUT2D eigenvalue weighted by atomic mass is 10.2. The molecule has 3 aromatic rings. The smallest absolute Gasteiger partial charge is 0.316 e. The van der Waals surface area contributed by atoms with Crippen LogP contribution >= 0.6 is 23.1 Å². The van der Waals surface area contributed by atoms with Crippen LogP contribution in [0.4, 0.5) is 10.8 Å². The number of nitrogens with zero attached hydrogens (tertiary/aromatic N) is 3. The number of carbonyl (C=O) groups excluding carboxylic acids is 2. The highest BCUT2D eigenvalue weighted by atomic mass is 32.2. The fourth-order valence-corrected chi connectivity index (χ4v) is 5.06. The molecule has 1 N–H and O–H groups in total. The summed E-state index contributed by atoms with van der Waals surface area (Å²) in [5.41, 5.74) is 1.63. The third-order valence-electron chi connectivity index (χ3n) is 4.15. The monoisotopic (exact) mass is 492 g/mol. The maximum absolute atomic E-state index is 12.5. The van der Waals surface area contributed by atoms with Gasteiger partial charge in [-0.15, -0.1) is 10.2 Å².